The number of anilines is 1. The molecule has 4 rings (SSSR count). The third kappa shape index (κ3) is 3.48. The third-order valence-electron chi connectivity index (χ3n) is 4.77. The lowest BCUT2D eigenvalue weighted by molar-refractivity contribution is -0.132. The van der Waals surface area contributed by atoms with Crippen LogP contribution in [0.15, 0.2) is 24.0 Å². The van der Waals surface area contributed by atoms with Crippen LogP contribution in [0, 0.1) is 17.2 Å². The van der Waals surface area contributed by atoms with Gasteiger partial charge in [-0.2, -0.15) is 5.26 Å². The molecule has 4 heterocycles. The van der Waals surface area contributed by atoms with E-state index in [2.05, 4.69) is 32.4 Å². The summed E-state index contributed by atoms with van der Waals surface area (Å²) in [7, 11) is 0. The fourth-order valence-electron chi connectivity index (χ4n) is 3.66. The molecule has 3 aromatic heterocycles. The molecule has 1 unspecified atom stereocenters. The molecular weight excluding hydrogens is 362 g/mol. The maximum atomic E-state index is 12.2. The van der Waals surface area contributed by atoms with E-state index in [-0.39, 0.29) is 18.4 Å². The Morgan fingerprint density at radius 2 is 2.41 bits per heavy atom. The highest BCUT2D eigenvalue weighted by atomic mass is 32.1. The number of rotatable bonds is 4. The molecule has 1 aliphatic heterocycles. The minimum atomic E-state index is -0.110. The van der Waals surface area contributed by atoms with Gasteiger partial charge in [0.15, 0.2) is 5.01 Å². The molecule has 1 saturated heterocycles. The molecule has 27 heavy (non-hydrogen) atoms. The maximum Gasteiger partial charge on any atom is 0.236 e. The number of pyridine rings is 1. The Kier molecular flexibility index (Phi) is 4.73. The van der Waals surface area contributed by atoms with Crippen LogP contribution < -0.4 is 5.32 Å². The summed E-state index contributed by atoms with van der Waals surface area (Å²) < 4.78 is 0. The first-order valence-electron chi connectivity index (χ1n) is 8.79. The zero-order valence-electron chi connectivity index (χ0n) is 14.8. The second-order valence-corrected chi connectivity index (χ2v) is 7.68. The van der Waals surface area contributed by atoms with Gasteiger partial charge in [0.2, 0.25) is 5.91 Å². The highest BCUT2D eigenvalue weighted by Crippen LogP contribution is 2.35. The van der Waals surface area contributed by atoms with Crippen molar-refractivity contribution >= 4 is 34.0 Å². The van der Waals surface area contributed by atoms with E-state index in [9.17, 15) is 4.79 Å². The normalized spacial score (nSPS) is 19.8. The van der Waals surface area contributed by atoms with E-state index >= 15 is 0 Å². The summed E-state index contributed by atoms with van der Waals surface area (Å²) in [4.78, 5) is 21.6. The van der Waals surface area contributed by atoms with Crippen LogP contribution in [0.5, 0.6) is 0 Å². The van der Waals surface area contributed by atoms with Crippen molar-refractivity contribution in [3.63, 3.8) is 0 Å². The summed E-state index contributed by atoms with van der Waals surface area (Å²) in [5.74, 6) is 0.245. The first-order chi connectivity index (χ1) is 13.2. The lowest BCUT2D eigenvalue weighted by Gasteiger charge is -2.37. The number of H-pyrrole nitrogens is 1. The van der Waals surface area contributed by atoms with Gasteiger partial charge in [-0.3, -0.25) is 4.79 Å². The summed E-state index contributed by atoms with van der Waals surface area (Å²) in [6, 6.07) is 4.03. The molecule has 9 heteroatoms. The number of aromatic nitrogens is 4. The quantitative estimate of drug-likeness (QED) is 0.719. The number of carbonyl (C=O) groups excluding carboxylic acids is 1. The van der Waals surface area contributed by atoms with E-state index < -0.39 is 0 Å². The average Bonchev–Trinajstić information content (AvgIpc) is 3.33. The summed E-state index contributed by atoms with van der Waals surface area (Å²) in [5.41, 5.74) is 4.35. The minimum absolute atomic E-state index is 0.0766. The molecule has 138 valence electrons. The van der Waals surface area contributed by atoms with Gasteiger partial charge in [0.05, 0.1) is 17.3 Å². The molecular formula is C18H19N7OS. The number of nitrogens with zero attached hydrogens (tertiary/aromatic N) is 5. The van der Waals surface area contributed by atoms with E-state index in [1.165, 1.54) is 11.3 Å². The lowest BCUT2D eigenvalue weighted by Crippen LogP contribution is -2.48. The van der Waals surface area contributed by atoms with Crippen LogP contribution >= 0.6 is 11.3 Å². The van der Waals surface area contributed by atoms with Crippen molar-refractivity contribution in [2.24, 2.45) is 5.92 Å². The highest BCUT2D eigenvalue weighted by Gasteiger charge is 2.29. The molecule has 0 aliphatic carbocycles. The second kappa shape index (κ2) is 7.32. The number of fused-ring (bicyclic) bond motifs is 1. The van der Waals surface area contributed by atoms with Gasteiger partial charge in [0.1, 0.15) is 17.6 Å². The number of carbonyl (C=O) groups is 1. The third-order valence-corrected chi connectivity index (χ3v) is 5.49. The van der Waals surface area contributed by atoms with E-state index in [1.54, 1.807) is 16.6 Å². The Morgan fingerprint density at radius 3 is 3.19 bits per heavy atom. The lowest BCUT2D eigenvalue weighted by atomic mass is 9.95. The van der Waals surface area contributed by atoms with Gasteiger partial charge < -0.3 is 15.2 Å². The van der Waals surface area contributed by atoms with Crippen molar-refractivity contribution in [3.8, 4) is 16.6 Å². The summed E-state index contributed by atoms with van der Waals surface area (Å²) in [6.45, 7) is 3.40. The van der Waals surface area contributed by atoms with Crippen molar-refractivity contribution in [3.05, 3.63) is 24.0 Å². The molecule has 0 spiro atoms. The van der Waals surface area contributed by atoms with Crippen molar-refractivity contribution in [2.45, 2.75) is 25.8 Å². The average molecular weight is 381 g/mol. The van der Waals surface area contributed by atoms with Gasteiger partial charge in [-0.15, -0.1) is 10.2 Å². The van der Waals surface area contributed by atoms with Crippen molar-refractivity contribution in [2.75, 3.05) is 18.4 Å². The number of piperidine rings is 1. The molecule has 2 N–H and O–H groups in total. The van der Waals surface area contributed by atoms with Crippen LogP contribution in [0.1, 0.15) is 19.8 Å². The number of aromatic amines is 1. The van der Waals surface area contributed by atoms with E-state index in [0.29, 0.717) is 19.0 Å². The van der Waals surface area contributed by atoms with Crippen LogP contribution in [-0.2, 0) is 4.79 Å². The molecule has 0 bridgehead atoms. The number of likely N-dealkylation sites (tertiary alicyclic amines) is 1. The molecule has 3 aromatic rings. The van der Waals surface area contributed by atoms with Crippen molar-refractivity contribution in [1.82, 2.24) is 25.1 Å². The monoisotopic (exact) mass is 381 g/mol. The Labute approximate surface area is 160 Å². The fraction of sp³-hybridized carbons (Fsp3) is 0.389. The molecule has 1 fully saturated rings. The highest BCUT2D eigenvalue weighted by molar-refractivity contribution is 7.12. The molecule has 1 aliphatic rings. The van der Waals surface area contributed by atoms with Gasteiger partial charge in [-0.05, 0) is 18.4 Å². The first-order valence-corrected chi connectivity index (χ1v) is 9.67. The SMILES string of the molecule is C[C@H]1CC(Nc2c(-c3nncs3)cnc3[nH]ccc23)CN(C(=O)CC#N)C1. The summed E-state index contributed by atoms with van der Waals surface area (Å²) >= 11 is 1.46. The Bertz CT molecular complexity index is 991. The number of nitriles is 1. The van der Waals surface area contributed by atoms with Gasteiger partial charge in [0, 0.05) is 36.9 Å². The largest absolute Gasteiger partial charge is 0.379 e. The summed E-state index contributed by atoms with van der Waals surface area (Å²) in [5, 5.41) is 22.4. The van der Waals surface area contributed by atoms with Gasteiger partial charge >= 0.3 is 0 Å². The van der Waals surface area contributed by atoms with E-state index in [1.807, 2.05) is 18.3 Å². The van der Waals surface area contributed by atoms with E-state index in [4.69, 9.17) is 5.26 Å². The Balaban J connectivity index is 1.66. The predicted molar refractivity (Wildman–Crippen MR) is 103 cm³/mol. The van der Waals surface area contributed by atoms with Crippen LogP contribution in [-0.4, -0.2) is 50.1 Å². The summed E-state index contributed by atoms with van der Waals surface area (Å²) in [6.07, 6.45) is 4.53. The van der Waals surface area contributed by atoms with Crippen LogP contribution in [0.25, 0.3) is 21.6 Å². The molecule has 8 nitrogen and oxygen atoms in total. The molecule has 1 amide bonds. The van der Waals surface area contributed by atoms with Crippen LogP contribution in [0.4, 0.5) is 5.69 Å². The molecule has 0 radical (unpaired) electrons. The van der Waals surface area contributed by atoms with E-state index in [0.717, 1.165) is 33.7 Å². The smallest absolute Gasteiger partial charge is 0.236 e. The number of hydrogen-bond donors (Lipinski definition) is 2. The topological polar surface area (TPSA) is 111 Å². The number of hydrogen-bond acceptors (Lipinski definition) is 7. The van der Waals surface area contributed by atoms with Crippen molar-refractivity contribution in [1.29, 1.82) is 5.26 Å². The van der Waals surface area contributed by atoms with Gasteiger partial charge in [-0.25, -0.2) is 4.98 Å². The van der Waals surface area contributed by atoms with Crippen molar-refractivity contribution < 1.29 is 4.79 Å². The molecule has 2 atom stereocenters. The van der Waals surface area contributed by atoms with Gasteiger partial charge in [0.25, 0.3) is 0 Å². The van der Waals surface area contributed by atoms with Crippen LogP contribution in [0.2, 0.25) is 0 Å². The number of nitrogens with one attached hydrogen (secondary N) is 2. The Morgan fingerprint density at radius 1 is 1.52 bits per heavy atom. The zero-order chi connectivity index (χ0) is 18.8. The standard InChI is InChI=1S/C18H19N7OS/c1-11-6-12(9-25(8-11)15(26)2-4-19)23-16-13-3-5-20-17(13)21-7-14(16)18-24-22-10-27-18/h3,5,7,10-12H,2,6,8-9H2,1H3,(H2,20,21,23)/t11-,12?/m0/s1. The zero-order valence-corrected chi connectivity index (χ0v) is 15.7. The van der Waals surface area contributed by atoms with Gasteiger partial charge in [-0.1, -0.05) is 18.3 Å². The number of amides is 1. The Hall–Kier alpha value is -2.99. The first kappa shape index (κ1) is 17.4. The fourth-order valence-corrected chi connectivity index (χ4v) is 4.23. The van der Waals surface area contributed by atoms with Crippen LogP contribution in [0.3, 0.4) is 0 Å². The maximum absolute atomic E-state index is 12.2. The predicted octanol–water partition coefficient (Wildman–Crippen LogP) is 2.64. The minimum Gasteiger partial charge on any atom is -0.379 e. The molecule has 0 saturated carbocycles. The second-order valence-electron chi connectivity index (χ2n) is 6.85. The molecule has 0 aromatic carbocycles.